The maximum absolute atomic E-state index is 11.7. The molecule has 0 spiro atoms. The van der Waals surface area contributed by atoms with E-state index in [-0.39, 0.29) is 10.6 Å². The molecule has 28 heavy (non-hydrogen) atoms. The molecule has 1 N–H and O–H groups in total. The van der Waals surface area contributed by atoms with Crippen LogP contribution in [0.5, 0.6) is 5.75 Å². The predicted octanol–water partition coefficient (Wildman–Crippen LogP) is 4.28. The van der Waals surface area contributed by atoms with Crippen molar-refractivity contribution in [2.75, 3.05) is 6.61 Å². The molecule has 142 valence electrons. The molecule has 1 aliphatic carbocycles. The number of hydrogen-bond acceptors (Lipinski definition) is 6. The van der Waals surface area contributed by atoms with Crippen molar-refractivity contribution in [1.82, 2.24) is 4.98 Å². The van der Waals surface area contributed by atoms with E-state index in [1.54, 1.807) is 23.5 Å². The topological polar surface area (TPSA) is 88.9 Å². The molecule has 0 saturated carbocycles. The van der Waals surface area contributed by atoms with Gasteiger partial charge in [-0.3, -0.25) is 4.55 Å². The Labute approximate surface area is 165 Å². The number of nitrogens with zero attached hydrogens (tertiary/aromatic N) is 2. The summed E-state index contributed by atoms with van der Waals surface area (Å²) in [5, 5.41) is 0.471. The number of aromatic nitrogens is 1. The second-order valence-electron chi connectivity index (χ2n) is 5.96. The van der Waals surface area contributed by atoms with Gasteiger partial charge in [0.05, 0.1) is 33.1 Å². The van der Waals surface area contributed by atoms with Gasteiger partial charge in [0.1, 0.15) is 16.0 Å². The Morgan fingerprint density at radius 1 is 1.11 bits per heavy atom. The summed E-state index contributed by atoms with van der Waals surface area (Å²) >= 11 is 1.57. The number of para-hydroxylation sites is 2. The van der Waals surface area contributed by atoms with Crippen molar-refractivity contribution in [1.29, 1.82) is 0 Å². The van der Waals surface area contributed by atoms with Crippen LogP contribution in [0.25, 0.3) is 20.8 Å². The molecule has 0 amide bonds. The van der Waals surface area contributed by atoms with Crippen molar-refractivity contribution in [2.24, 2.45) is 4.99 Å². The molecule has 1 heterocycles. The van der Waals surface area contributed by atoms with E-state index in [9.17, 15) is 13.0 Å². The zero-order valence-electron chi connectivity index (χ0n) is 14.9. The van der Waals surface area contributed by atoms with E-state index in [1.165, 1.54) is 18.2 Å². The van der Waals surface area contributed by atoms with E-state index < -0.39 is 10.1 Å². The molecule has 0 radical (unpaired) electrons. The molecule has 0 bridgehead atoms. The minimum atomic E-state index is -4.39. The fourth-order valence-corrected chi connectivity index (χ4v) is 4.46. The van der Waals surface area contributed by atoms with Gasteiger partial charge in [0.25, 0.3) is 10.1 Å². The molecule has 2 aromatic rings. The number of ether oxygens (including phenoxy) is 1. The summed E-state index contributed by atoms with van der Waals surface area (Å²) in [6.45, 7) is 2.28. The van der Waals surface area contributed by atoms with Crippen LogP contribution in [0.4, 0.5) is 5.69 Å². The summed E-state index contributed by atoms with van der Waals surface area (Å²) < 4.78 is 39.6. The second-order valence-corrected chi connectivity index (χ2v) is 8.43. The van der Waals surface area contributed by atoms with Crippen LogP contribution in [0, 0.1) is 0 Å². The van der Waals surface area contributed by atoms with Crippen molar-refractivity contribution in [2.45, 2.75) is 11.8 Å². The van der Waals surface area contributed by atoms with Gasteiger partial charge in [-0.2, -0.15) is 8.42 Å². The van der Waals surface area contributed by atoms with Crippen LogP contribution >= 0.6 is 11.3 Å². The first kappa shape index (κ1) is 18.5. The van der Waals surface area contributed by atoms with Gasteiger partial charge in [-0.15, -0.1) is 11.3 Å². The highest BCUT2D eigenvalue weighted by Crippen LogP contribution is 2.32. The zero-order chi connectivity index (χ0) is 19.7. The van der Waals surface area contributed by atoms with Crippen molar-refractivity contribution >= 4 is 37.4 Å². The number of benzene rings is 3. The maximum atomic E-state index is 11.7. The van der Waals surface area contributed by atoms with E-state index in [1.807, 2.05) is 37.3 Å². The van der Waals surface area contributed by atoms with E-state index >= 15 is 0 Å². The zero-order valence-corrected chi connectivity index (χ0v) is 16.5. The third-order valence-corrected chi connectivity index (χ3v) is 6.06. The summed E-state index contributed by atoms with van der Waals surface area (Å²) in [7, 11) is -4.39. The summed E-state index contributed by atoms with van der Waals surface area (Å²) in [4.78, 5) is 9.79. The average molecular weight is 412 g/mol. The highest BCUT2D eigenvalue weighted by Gasteiger charge is 2.16. The van der Waals surface area contributed by atoms with Gasteiger partial charge in [0.15, 0.2) is 0 Å². The average Bonchev–Trinajstić information content (AvgIpc) is 2.67. The number of rotatable bonds is 4. The Morgan fingerprint density at radius 3 is 2.64 bits per heavy atom. The van der Waals surface area contributed by atoms with Crippen molar-refractivity contribution in [3.05, 3.63) is 66.0 Å². The minimum absolute atomic E-state index is 0.143. The smallest absolute Gasteiger partial charge is 0.296 e. The second kappa shape index (κ2) is 7.31. The molecule has 4 rings (SSSR count). The van der Waals surface area contributed by atoms with Crippen molar-refractivity contribution < 1.29 is 17.7 Å². The summed E-state index contributed by atoms with van der Waals surface area (Å²) in [5.41, 5.74) is 1.81. The summed E-state index contributed by atoms with van der Waals surface area (Å²) in [5.74, 6) is 0.495. The van der Waals surface area contributed by atoms with Gasteiger partial charge in [0.2, 0.25) is 0 Å². The highest BCUT2D eigenvalue weighted by molar-refractivity contribution is 7.86. The van der Waals surface area contributed by atoms with Gasteiger partial charge in [-0.25, -0.2) is 9.98 Å². The van der Waals surface area contributed by atoms with E-state index in [0.29, 0.717) is 17.7 Å². The molecule has 0 fully saturated rings. The Kier molecular flexibility index (Phi) is 4.84. The molecular weight excluding hydrogens is 396 g/mol. The molecule has 2 aromatic carbocycles. The minimum Gasteiger partial charge on any atom is -0.492 e. The lowest BCUT2D eigenvalue weighted by molar-refractivity contribution is 0.336. The number of fused-ring (bicyclic) bond motifs is 2. The fourth-order valence-electron chi connectivity index (χ4n) is 2.85. The van der Waals surface area contributed by atoms with Gasteiger partial charge in [-0.05, 0) is 37.3 Å². The lowest BCUT2D eigenvalue weighted by Crippen LogP contribution is -2.10. The van der Waals surface area contributed by atoms with Crippen LogP contribution in [0.2, 0.25) is 0 Å². The van der Waals surface area contributed by atoms with Crippen LogP contribution in [-0.4, -0.2) is 24.6 Å². The van der Waals surface area contributed by atoms with E-state index in [0.717, 1.165) is 20.8 Å². The summed E-state index contributed by atoms with van der Waals surface area (Å²) in [6.07, 6.45) is 0. The normalized spacial score (nSPS) is 12.6. The maximum Gasteiger partial charge on any atom is 0.296 e. The monoisotopic (exact) mass is 412 g/mol. The highest BCUT2D eigenvalue weighted by atomic mass is 32.2. The fraction of sp³-hybridized carbons (Fsp3) is 0.100. The first-order chi connectivity index (χ1) is 13.5. The molecule has 0 atom stereocenters. The quantitative estimate of drug-likeness (QED) is 0.399. The molecule has 0 saturated heterocycles. The predicted molar refractivity (Wildman–Crippen MR) is 109 cm³/mol. The standard InChI is InChI=1S/C20H16N2O4S2/c1-2-26-17-11-16-19(27-18-9-5-3-7-13(18)21-16)12-15(17)22-14-8-4-6-10-20(14)28(23,24)25/h3-12H,2H2,1H3,(H,23,24,25)/b22-15+. The molecule has 2 aliphatic rings. The van der Waals surface area contributed by atoms with E-state index in [4.69, 9.17) is 4.74 Å². The molecule has 1 aliphatic heterocycles. The first-order valence-corrected chi connectivity index (χ1v) is 10.8. The lowest BCUT2D eigenvalue weighted by Gasteiger charge is -2.10. The molecule has 0 unspecified atom stereocenters. The van der Waals surface area contributed by atoms with Crippen molar-refractivity contribution in [3.63, 3.8) is 0 Å². The Bertz CT molecular complexity index is 1310. The van der Waals surface area contributed by atoms with Crippen LogP contribution < -0.4 is 10.1 Å². The first-order valence-electron chi connectivity index (χ1n) is 8.53. The van der Waals surface area contributed by atoms with Gasteiger partial charge < -0.3 is 4.74 Å². The molecule has 0 aromatic heterocycles. The van der Waals surface area contributed by atoms with Crippen LogP contribution in [0.15, 0.2) is 70.6 Å². The van der Waals surface area contributed by atoms with Crippen LogP contribution in [0.1, 0.15) is 6.92 Å². The van der Waals surface area contributed by atoms with Crippen molar-refractivity contribution in [3.8, 4) is 16.3 Å². The SMILES string of the molecule is CCOc1cc2nc3ccccc3sc-2c/c1=N\c1ccccc1S(=O)(=O)O. The third-order valence-electron chi connectivity index (χ3n) is 4.05. The van der Waals surface area contributed by atoms with Gasteiger partial charge in [-0.1, -0.05) is 24.3 Å². The van der Waals surface area contributed by atoms with Crippen LogP contribution in [0.3, 0.4) is 0 Å². The largest absolute Gasteiger partial charge is 0.492 e. The van der Waals surface area contributed by atoms with Gasteiger partial charge in [0, 0.05) is 6.07 Å². The van der Waals surface area contributed by atoms with E-state index in [2.05, 4.69) is 9.98 Å². The Hall–Kier alpha value is -2.81. The Balaban J connectivity index is 2.01. The number of hydrogen-bond donors (Lipinski definition) is 1. The van der Waals surface area contributed by atoms with Gasteiger partial charge >= 0.3 is 0 Å². The summed E-state index contributed by atoms with van der Waals surface area (Å²) in [6, 6.07) is 17.5. The molecule has 6 nitrogen and oxygen atoms in total. The molecule has 8 heteroatoms. The Morgan fingerprint density at radius 2 is 1.86 bits per heavy atom. The third kappa shape index (κ3) is 3.62. The lowest BCUT2D eigenvalue weighted by atomic mass is 10.2. The van der Waals surface area contributed by atoms with Crippen LogP contribution in [-0.2, 0) is 10.1 Å². The molecular formula is C20H16N2O4S2.